The van der Waals surface area contributed by atoms with Crippen molar-refractivity contribution < 1.29 is 9.21 Å². The molecule has 1 amide bonds. The topological polar surface area (TPSA) is 94.0 Å². The van der Waals surface area contributed by atoms with Crippen molar-refractivity contribution in [1.29, 1.82) is 0 Å². The average molecular weight is 278 g/mol. The first kappa shape index (κ1) is 13.4. The van der Waals surface area contributed by atoms with Crippen LogP contribution in [0.25, 0.3) is 0 Å². The van der Waals surface area contributed by atoms with E-state index in [-0.39, 0.29) is 11.7 Å². The first-order valence-corrected chi connectivity index (χ1v) is 6.62. The van der Waals surface area contributed by atoms with Gasteiger partial charge in [0.2, 0.25) is 11.8 Å². The van der Waals surface area contributed by atoms with Crippen LogP contribution in [0.1, 0.15) is 11.5 Å². The number of hydrogen-bond donors (Lipinski definition) is 2. The van der Waals surface area contributed by atoms with E-state index in [0.717, 1.165) is 5.56 Å². The molecule has 2 aromatic rings. The van der Waals surface area contributed by atoms with Gasteiger partial charge in [-0.1, -0.05) is 17.8 Å². The summed E-state index contributed by atoms with van der Waals surface area (Å²) in [6.45, 7) is 3.56. The number of nitrogens with two attached hydrogens (primary N) is 1. The first-order chi connectivity index (χ1) is 9.06. The van der Waals surface area contributed by atoms with Gasteiger partial charge in [0.25, 0.3) is 5.22 Å². The molecule has 3 N–H and O–H groups in total. The number of rotatable bonds is 4. The molecule has 1 heterocycles. The summed E-state index contributed by atoms with van der Waals surface area (Å²) >= 11 is 1.20. The zero-order valence-electron chi connectivity index (χ0n) is 10.6. The number of nitrogen functional groups attached to an aromatic ring is 1. The van der Waals surface area contributed by atoms with Gasteiger partial charge < -0.3 is 15.5 Å². The maximum atomic E-state index is 11.8. The molecule has 0 aliphatic carbocycles. The molecule has 0 bridgehead atoms. The monoisotopic (exact) mass is 278 g/mol. The number of carbonyl (C=O) groups excluding carboxylic acids is 1. The summed E-state index contributed by atoms with van der Waals surface area (Å²) in [5.41, 5.74) is 8.00. The molecule has 1 aromatic heterocycles. The number of aromatic nitrogens is 2. The Labute approximate surface area is 114 Å². The third-order valence-electron chi connectivity index (χ3n) is 2.48. The van der Waals surface area contributed by atoms with E-state index < -0.39 is 0 Å². The number of nitrogens with one attached hydrogen (secondary N) is 1. The van der Waals surface area contributed by atoms with E-state index in [1.54, 1.807) is 19.1 Å². The minimum Gasteiger partial charge on any atom is -0.416 e. The molecule has 0 fully saturated rings. The summed E-state index contributed by atoms with van der Waals surface area (Å²) in [7, 11) is 0. The lowest BCUT2D eigenvalue weighted by Crippen LogP contribution is -2.15. The molecule has 0 saturated carbocycles. The molecule has 0 radical (unpaired) electrons. The molecule has 6 nitrogen and oxygen atoms in total. The molecule has 100 valence electrons. The SMILES string of the molecule is Cc1nnc(SCC(=O)Nc2cccc(N)c2C)o1. The van der Waals surface area contributed by atoms with Crippen LogP contribution in [0.3, 0.4) is 0 Å². The Kier molecular flexibility index (Phi) is 4.06. The second-order valence-electron chi connectivity index (χ2n) is 3.94. The Morgan fingerprint density at radius 1 is 1.42 bits per heavy atom. The zero-order chi connectivity index (χ0) is 13.8. The van der Waals surface area contributed by atoms with Gasteiger partial charge in [-0.3, -0.25) is 4.79 Å². The Balaban J connectivity index is 1.92. The van der Waals surface area contributed by atoms with Gasteiger partial charge in [-0.05, 0) is 24.6 Å². The number of amides is 1. The van der Waals surface area contributed by atoms with E-state index >= 15 is 0 Å². The van der Waals surface area contributed by atoms with Crippen LogP contribution < -0.4 is 11.1 Å². The molecule has 0 saturated heterocycles. The van der Waals surface area contributed by atoms with Crippen molar-refractivity contribution in [1.82, 2.24) is 10.2 Å². The van der Waals surface area contributed by atoms with Crippen molar-refractivity contribution >= 4 is 29.0 Å². The van der Waals surface area contributed by atoms with Gasteiger partial charge in [0.05, 0.1) is 5.75 Å². The number of benzene rings is 1. The molecule has 0 aliphatic heterocycles. The number of thioether (sulfide) groups is 1. The van der Waals surface area contributed by atoms with E-state index in [4.69, 9.17) is 10.2 Å². The lowest BCUT2D eigenvalue weighted by molar-refractivity contribution is -0.113. The first-order valence-electron chi connectivity index (χ1n) is 5.64. The molecule has 0 unspecified atom stereocenters. The second-order valence-corrected chi connectivity index (χ2v) is 4.87. The van der Waals surface area contributed by atoms with Crippen LogP contribution in [0, 0.1) is 13.8 Å². The van der Waals surface area contributed by atoms with Gasteiger partial charge in [0, 0.05) is 18.3 Å². The number of hydrogen-bond acceptors (Lipinski definition) is 6. The summed E-state index contributed by atoms with van der Waals surface area (Å²) in [4.78, 5) is 11.8. The van der Waals surface area contributed by atoms with E-state index in [2.05, 4.69) is 15.5 Å². The normalized spacial score (nSPS) is 10.4. The van der Waals surface area contributed by atoms with Crippen LogP contribution in [0.5, 0.6) is 0 Å². The molecule has 19 heavy (non-hydrogen) atoms. The Morgan fingerprint density at radius 3 is 2.89 bits per heavy atom. The van der Waals surface area contributed by atoms with E-state index in [0.29, 0.717) is 22.5 Å². The fourth-order valence-corrected chi connectivity index (χ4v) is 2.04. The van der Waals surface area contributed by atoms with Crippen LogP contribution in [0.4, 0.5) is 11.4 Å². The lowest BCUT2D eigenvalue weighted by Gasteiger charge is -2.09. The van der Waals surface area contributed by atoms with Gasteiger partial charge in [-0.15, -0.1) is 10.2 Å². The fraction of sp³-hybridized carbons (Fsp3) is 0.250. The predicted octanol–water partition coefficient (Wildman–Crippen LogP) is 2.00. The highest BCUT2D eigenvalue weighted by atomic mass is 32.2. The number of nitrogens with zero attached hydrogens (tertiary/aromatic N) is 2. The Hall–Kier alpha value is -2.02. The maximum Gasteiger partial charge on any atom is 0.277 e. The second kappa shape index (κ2) is 5.75. The third-order valence-corrected chi connectivity index (χ3v) is 3.30. The smallest absolute Gasteiger partial charge is 0.277 e. The molecule has 0 aliphatic rings. The minimum absolute atomic E-state index is 0.144. The highest BCUT2D eigenvalue weighted by Gasteiger charge is 2.09. The van der Waals surface area contributed by atoms with Crippen LogP contribution >= 0.6 is 11.8 Å². The Morgan fingerprint density at radius 2 is 2.21 bits per heavy atom. The van der Waals surface area contributed by atoms with Crippen LogP contribution in [0.15, 0.2) is 27.8 Å². The van der Waals surface area contributed by atoms with Gasteiger partial charge in [-0.25, -0.2) is 0 Å². The fourth-order valence-electron chi connectivity index (χ4n) is 1.44. The predicted molar refractivity (Wildman–Crippen MR) is 74.0 cm³/mol. The van der Waals surface area contributed by atoms with Crippen molar-refractivity contribution in [2.24, 2.45) is 0 Å². The largest absolute Gasteiger partial charge is 0.416 e. The van der Waals surface area contributed by atoms with Crippen molar-refractivity contribution in [3.8, 4) is 0 Å². The minimum atomic E-state index is -0.144. The average Bonchev–Trinajstić information content (AvgIpc) is 2.78. The zero-order valence-corrected chi connectivity index (χ0v) is 11.5. The van der Waals surface area contributed by atoms with E-state index in [9.17, 15) is 4.79 Å². The molecule has 7 heteroatoms. The molecule has 0 atom stereocenters. The molecule has 0 spiro atoms. The van der Waals surface area contributed by atoms with Gasteiger partial charge in [-0.2, -0.15) is 0 Å². The van der Waals surface area contributed by atoms with E-state index in [1.165, 1.54) is 11.8 Å². The highest BCUT2D eigenvalue weighted by Crippen LogP contribution is 2.21. The standard InChI is InChI=1S/C12H14N4O2S/c1-7-9(13)4-3-5-10(7)14-11(17)6-19-12-16-15-8(2)18-12/h3-5H,6,13H2,1-2H3,(H,14,17). The van der Waals surface area contributed by atoms with Crippen molar-refractivity contribution in [3.05, 3.63) is 29.7 Å². The van der Waals surface area contributed by atoms with Gasteiger partial charge in [0.1, 0.15) is 0 Å². The molecular weight excluding hydrogens is 264 g/mol. The summed E-state index contributed by atoms with van der Waals surface area (Å²) < 4.78 is 5.17. The quantitative estimate of drug-likeness (QED) is 0.656. The molecular formula is C12H14N4O2S. The van der Waals surface area contributed by atoms with Crippen molar-refractivity contribution in [2.45, 2.75) is 19.1 Å². The van der Waals surface area contributed by atoms with Crippen molar-refractivity contribution in [2.75, 3.05) is 16.8 Å². The van der Waals surface area contributed by atoms with Crippen LogP contribution in [-0.2, 0) is 4.79 Å². The molecule has 1 aromatic carbocycles. The summed E-state index contributed by atoms with van der Waals surface area (Å²) in [5, 5.41) is 10.7. The summed E-state index contributed by atoms with van der Waals surface area (Å²) in [5.74, 6) is 0.541. The summed E-state index contributed by atoms with van der Waals surface area (Å²) in [6.07, 6.45) is 0. The summed E-state index contributed by atoms with van der Waals surface area (Å²) in [6, 6.07) is 5.40. The number of carbonyl (C=O) groups is 1. The van der Waals surface area contributed by atoms with Crippen LogP contribution in [0.2, 0.25) is 0 Å². The lowest BCUT2D eigenvalue weighted by atomic mass is 10.1. The van der Waals surface area contributed by atoms with Gasteiger partial charge >= 0.3 is 0 Å². The molecule has 2 rings (SSSR count). The van der Waals surface area contributed by atoms with E-state index in [1.807, 2.05) is 13.0 Å². The highest BCUT2D eigenvalue weighted by molar-refractivity contribution is 7.99. The maximum absolute atomic E-state index is 11.8. The number of aryl methyl sites for hydroxylation is 1. The van der Waals surface area contributed by atoms with Crippen LogP contribution in [-0.4, -0.2) is 21.9 Å². The van der Waals surface area contributed by atoms with Gasteiger partial charge in [0.15, 0.2) is 0 Å². The third kappa shape index (κ3) is 3.47. The van der Waals surface area contributed by atoms with Crippen molar-refractivity contribution in [3.63, 3.8) is 0 Å². The number of anilines is 2. The Bertz CT molecular complexity index is 597.